The maximum absolute atomic E-state index is 13.7. The van der Waals surface area contributed by atoms with Gasteiger partial charge in [0.05, 0.1) is 12.4 Å². The van der Waals surface area contributed by atoms with Crippen molar-refractivity contribution in [3.8, 4) is 11.1 Å². The van der Waals surface area contributed by atoms with E-state index in [2.05, 4.69) is 32.3 Å². The fraction of sp³-hybridized carbons (Fsp3) is 0.414. The van der Waals surface area contributed by atoms with Crippen molar-refractivity contribution >= 4 is 12.2 Å². The number of aromatic amines is 1. The quantitative estimate of drug-likeness (QED) is 0.475. The number of aldehydes is 1. The molecule has 2 fully saturated rings. The second-order valence-corrected chi connectivity index (χ2v) is 10.0. The zero-order valence-corrected chi connectivity index (χ0v) is 20.1. The number of piperidine rings is 1. The van der Waals surface area contributed by atoms with Gasteiger partial charge in [0.15, 0.2) is 0 Å². The monoisotopic (exact) mass is 470 g/mol. The number of fused-ring (bicyclic) bond motifs is 1. The third kappa shape index (κ3) is 5.54. The average Bonchev–Trinajstić information content (AvgIpc) is 3.44. The van der Waals surface area contributed by atoms with Crippen LogP contribution < -0.4 is 5.32 Å². The van der Waals surface area contributed by atoms with Crippen molar-refractivity contribution < 1.29 is 9.59 Å². The Labute approximate surface area is 207 Å². The van der Waals surface area contributed by atoms with E-state index in [0.717, 1.165) is 41.6 Å². The number of nitrogens with zero attached hydrogens (tertiary/aromatic N) is 2. The molecule has 35 heavy (non-hydrogen) atoms. The molecule has 1 saturated heterocycles. The van der Waals surface area contributed by atoms with E-state index >= 15 is 0 Å². The number of imidazole rings is 1. The molecular weight excluding hydrogens is 436 g/mol. The van der Waals surface area contributed by atoms with E-state index in [1.165, 1.54) is 25.7 Å². The normalized spacial score (nSPS) is 22.9. The van der Waals surface area contributed by atoms with Gasteiger partial charge in [-0.2, -0.15) is 0 Å². The Morgan fingerprint density at radius 2 is 1.80 bits per heavy atom. The van der Waals surface area contributed by atoms with Crippen molar-refractivity contribution in [3.63, 3.8) is 0 Å². The molecule has 2 N–H and O–H groups in total. The number of benzene rings is 2. The smallest absolute Gasteiger partial charge is 0.254 e. The molecule has 1 aliphatic carbocycles. The molecule has 5 rings (SSSR count). The highest BCUT2D eigenvalue weighted by atomic mass is 16.2. The van der Waals surface area contributed by atoms with E-state index in [4.69, 9.17) is 0 Å². The highest BCUT2D eigenvalue weighted by molar-refractivity contribution is 5.95. The predicted octanol–water partition coefficient (Wildman–Crippen LogP) is 4.50. The topological polar surface area (TPSA) is 78.1 Å². The van der Waals surface area contributed by atoms with Gasteiger partial charge in [0, 0.05) is 43.0 Å². The first kappa shape index (κ1) is 23.5. The maximum Gasteiger partial charge on any atom is 0.254 e. The Hall–Kier alpha value is -3.25. The van der Waals surface area contributed by atoms with E-state index in [1.54, 1.807) is 12.5 Å². The van der Waals surface area contributed by atoms with E-state index in [1.807, 2.05) is 42.5 Å². The molecule has 0 unspecified atom stereocenters. The fourth-order valence-corrected chi connectivity index (χ4v) is 5.85. The lowest BCUT2D eigenvalue weighted by atomic mass is 9.72. The summed E-state index contributed by atoms with van der Waals surface area (Å²) < 4.78 is 0. The Morgan fingerprint density at radius 3 is 2.51 bits per heavy atom. The fourth-order valence-electron chi connectivity index (χ4n) is 5.85. The lowest BCUT2D eigenvalue weighted by Gasteiger charge is -2.46. The van der Waals surface area contributed by atoms with Crippen molar-refractivity contribution in [2.75, 3.05) is 13.1 Å². The first-order valence-electron chi connectivity index (χ1n) is 12.8. The van der Waals surface area contributed by atoms with Crippen LogP contribution in [0.25, 0.3) is 11.1 Å². The summed E-state index contributed by atoms with van der Waals surface area (Å²) in [6.07, 6.45) is 10.9. The Balaban J connectivity index is 1.31. The van der Waals surface area contributed by atoms with Gasteiger partial charge in [-0.3, -0.25) is 4.79 Å². The minimum Gasteiger partial charge on any atom is -0.348 e. The number of aromatic nitrogens is 2. The summed E-state index contributed by atoms with van der Waals surface area (Å²) in [5.41, 5.74) is 3.91. The van der Waals surface area contributed by atoms with E-state index < -0.39 is 0 Å². The first-order valence-corrected chi connectivity index (χ1v) is 12.8. The van der Waals surface area contributed by atoms with Crippen molar-refractivity contribution in [3.05, 3.63) is 78.4 Å². The molecule has 0 radical (unpaired) electrons. The number of likely N-dealkylation sites (tertiary alicyclic amines) is 1. The number of carbonyl (C=O) groups is 2. The molecule has 182 valence electrons. The molecule has 0 spiro atoms. The zero-order valence-electron chi connectivity index (χ0n) is 20.1. The van der Waals surface area contributed by atoms with Crippen LogP contribution in [0.4, 0.5) is 0 Å². The van der Waals surface area contributed by atoms with Gasteiger partial charge in [0.1, 0.15) is 6.29 Å². The number of nitrogens with one attached hydrogen (secondary N) is 2. The van der Waals surface area contributed by atoms with Crippen LogP contribution in [-0.2, 0) is 11.2 Å². The van der Waals surface area contributed by atoms with Crippen molar-refractivity contribution in [2.45, 2.75) is 50.6 Å². The van der Waals surface area contributed by atoms with E-state index in [0.29, 0.717) is 24.8 Å². The molecule has 1 aromatic heterocycles. The SMILES string of the molecule is O=C[C@H](Cc1cnc[nH]1)NC[C@H]1C[C@H]2CCCC[C@@H]2CN1C(=O)c1ccc(-c2ccccc2)cc1. The van der Waals surface area contributed by atoms with Crippen molar-refractivity contribution in [2.24, 2.45) is 11.8 Å². The lowest BCUT2D eigenvalue weighted by molar-refractivity contribution is -0.109. The Bertz CT molecular complexity index is 1100. The molecular formula is C29H34N4O2. The number of rotatable bonds is 8. The van der Waals surface area contributed by atoms with Crippen LogP contribution in [0.2, 0.25) is 0 Å². The molecule has 4 atom stereocenters. The highest BCUT2D eigenvalue weighted by Crippen LogP contribution is 2.39. The number of H-pyrrole nitrogens is 1. The molecule has 1 aliphatic heterocycles. The zero-order chi connectivity index (χ0) is 24.0. The third-order valence-corrected chi connectivity index (χ3v) is 7.79. The number of hydrogen-bond donors (Lipinski definition) is 2. The van der Waals surface area contributed by atoms with Gasteiger partial charge < -0.3 is 20.0 Å². The summed E-state index contributed by atoms with van der Waals surface area (Å²) >= 11 is 0. The molecule has 1 amide bonds. The second-order valence-electron chi connectivity index (χ2n) is 10.0. The third-order valence-electron chi connectivity index (χ3n) is 7.79. The first-order chi connectivity index (χ1) is 17.2. The van der Waals surface area contributed by atoms with Crippen LogP contribution in [0.3, 0.4) is 0 Å². The summed E-state index contributed by atoms with van der Waals surface area (Å²) in [4.78, 5) is 34.7. The maximum atomic E-state index is 13.7. The average molecular weight is 471 g/mol. The molecule has 2 aromatic carbocycles. The number of hydrogen-bond acceptors (Lipinski definition) is 4. The molecule has 1 saturated carbocycles. The molecule has 3 aromatic rings. The van der Waals surface area contributed by atoms with Gasteiger partial charge in [-0.25, -0.2) is 4.98 Å². The molecule has 2 aliphatic rings. The van der Waals surface area contributed by atoms with Crippen LogP contribution in [0.5, 0.6) is 0 Å². The van der Waals surface area contributed by atoms with Gasteiger partial charge in [0.25, 0.3) is 5.91 Å². The Morgan fingerprint density at radius 1 is 1.06 bits per heavy atom. The molecule has 6 heteroatoms. The summed E-state index contributed by atoms with van der Waals surface area (Å²) in [6, 6.07) is 18.0. The van der Waals surface area contributed by atoms with E-state index in [-0.39, 0.29) is 18.0 Å². The van der Waals surface area contributed by atoms with Crippen molar-refractivity contribution in [1.29, 1.82) is 0 Å². The van der Waals surface area contributed by atoms with Crippen LogP contribution in [0.1, 0.15) is 48.2 Å². The van der Waals surface area contributed by atoms with Gasteiger partial charge in [-0.1, -0.05) is 61.7 Å². The summed E-state index contributed by atoms with van der Waals surface area (Å²) in [7, 11) is 0. The molecule has 0 bridgehead atoms. The second kappa shape index (κ2) is 11.0. The molecule has 2 heterocycles. The highest BCUT2D eigenvalue weighted by Gasteiger charge is 2.39. The van der Waals surface area contributed by atoms with Gasteiger partial charge >= 0.3 is 0 Å². The van der Waals surface area contributed by atoms with Crippen LogP contribution in [0, 0.1) is 11.8 Å². The van der Waals surface area contributed by atoms with Gasteiger partial charge in [0.2, 0.25) is 0 Å². The lowest BCUT2D eigenvalue weighted by Crippen LogP contribution is -2.55. The Kier molecular flexibility index (Phi) is 7.38. The largest absolute Gasteiger partial charge is 0.348 e. The number of carbonyl (C=O) groups excluding carboxylic acids is 2. The van der Waals surface area contributed by atoms with Crippen LogP contribution in [-0.4, -0.2) is 52.2 Å². The summed E-state index contributed by atoms with van der Waals surface area (Å²) in [5, 5.41) is 3.43. The minimum absolute atomic E-state index is 0.0832. The number of amides is 1. The summed E-state index contributed by atoms with van der Waals surface area (Å²) in [5.74, 6) is 1.35. The van der Waals surface area contributed by atoms with Gasteiger partial charge in [-0.05, 0) is 47.9 Å². The minimum atomic E-state index is -0.304. The van der Waals surface area contributed by atoms with E-state index in [9.17, 15) is 9.59 Å². The van der Waals surface area contributed by atoms with Gasteiger partial charge in [-0.15, -0.1) is 0 Å². The van der Waals surface area contributed by atoms with Crippen LogP contribution in [0.15, 0.2) is 67.1 Å². The van der Waals surface area contributed by atoms with Crippen LogP contribution >= 0.6 is 0 Å². The van der Waals surface area contributed by atoms with Crippen molar-refractivity contribution in [1.82, 2.24) is 20.2 Å². The summed E-state index contributed by atoms with van der Waals surface area (Å²) in [6.45, 7) is 1.43. The molecule has 6 nitrogen and oxygen atoms in total. The predicted molar refractivity (Wildman–Crippen MR) is 137 cm³/mol. The standard InChI is InChI=1S/C29H34N4O2/c34-19-27(15-26-16-30-20-32-26)31-17-28-14-24-8-4-5-9-25(24)18-33(28)29(35)23-12-10-22(11-13-23)21-6-2-1-3-7-21/h1-3,6-7,10-13,16,19-20,24-25,27-28,31H,4-5,8-9,14-15,17-18H2,(H,30,32)/t24-,25-,27+,28-/m1/s1.